The summed E-state index contributed by atoms with van der Waals surface area (Å²) in [6.07, 6.45) is 1.22. The van der Waals surface area contributed by atoms with Crippen LogP contribution in [0.15, 0.2) is 66.6 Å². The van der Waals surface area contributed by atoms with E-state index in [0.29, 0.717) is 28.3 Å². The van der Waals surface area contributed by atoms with Gasteiger partial charge in [-0.3, -0.25) is 4.79 Å². The number of nitrogens with zero attached hydrogens (tertiary/aromatic N) is 4. The van der Waals surface area contributed by atoms with Crippen molar-refractivity contribution in [3.05, 3.63) is 71.6 Å². The molecule has 2 N–H and O–H groups in total. The summed E-state index contributed by atoms with van der Waals surface area (Å²) in [7, 11) is 2.13. The topological polar surface area (TPSA) is 82.6 Å². The molecule has 0 spiro atoms. The maximum atomic E-state index is 11.6. The fraction of sp³-hybridized carbons (Fsp3) is 0.192. The van der Waals surface area contributed by atoms with Gasteiger partial charge in [-0.1, -0.05) is 24.2 Å². The Balaban J connectivity index is 1.37. The summed E-state index contributed by atoms with van der Waals surface area (Å²) in [6.45, 7) is 7.39. The predicted octanol–water partition coefficient (Wildman–Crippen LogP) is 5.76. The van der Waals surface area contributed by atoms with Crippen molar-refractivity contribution >= 4 is 62.1 Å². The molecule has 1 fully saturated rings. The van der Waals surface area contributed by atoms with E-state index in [1.54, 1.807) is 24.3 Å². The second-order valence-corrected chi connectivity index (χ2v) is 9.72. The normalized spacial score (nSPS) is 14.0. The van der Waals surface area contributed by atoms with Crippen LogP contribution in [0.5, 0.6) is 11.6 Å². The lowest BCUT2D eigenvalue weighted by Crippen LogP contribution is -2.44. The summed E-state index contributed by atoms with van der Waals surface area (Å²) in [5.41, 5.74) is 3.18. The third kappa shape index (κ3) is 5.43. The monoisotopic (exact) mass is 520 g/mol. The number of carbonyl (C=O) groups is 1. The maximum absolute atomic E-state index is 11.6. The standard InChI is InChI=1S/C26H25ClN6O2S/c1-3-23(34)28-17-5-4-6-19(15-17)35-25-24-21(9-14-36-24)30-26(31-25)29-18-7-8-22(20(27)16-18)33-12-10-32(2)11-13-33/h3-9,14-16H,1,10-13H2,2H3,(H,28,34)(H,29,30,31). The summed E-state index contributed by atoms with van der Waals surface area (Å²) in [5.74, 6) is 1.06. The molecule has 36 heavy (non-hydrogen) atoms. The Hall–Kier alpha value is -3.66. The molecule has 1 aliphatic heterocycles. The maximum Gasteiger partial charge on any atom is 0.247 e. The molecule has 4 aromatic rings. The number of anilines is 4. The second kappa shape index (κ2) is 10.5. The molecular formula is C26H25ClN6O2S. The highest BCUT2D eigenvalue weighted by Crippen LogP contribution is 2.35. The lowest BCUT2D eigenvalue weighted by Gasteiger charge is -2.34. The van der Waals surface area contributed by atoms with Crippen LogP contribution in [-0.2, 0) is 4.79 Å². The Kier molecular flexibility index (Phi) is 7.04. The smallest absolute Gasteiger partial charge is 0.247 e. The van der Waals surface area contributed by atoms with Crippen LogP contribution >= 0.6 is 22.9 Å². The molecule has 10 heteroatoms. The van der Waals surface area contributed by atoms with Crippen molar-refractivity contribution in [1.29, 1.82) is 0 Å². The SMILES string of the molecule is C=CC(=O)Nc1cccc(Oc2nc(Nc3ccc(N4CCN(C)CC4)c(Cl)c3)nc3ccsc23)c1. The van der Waals surface area contributed by atoms with Crippen LogP contribution in [0.4, 0.5) is 23.0 Å². The predicted molar refractivity (Wildman–Crippen MR) is 147 cm³/mol. The van der Waals surface area contributed by atoms with Crippen molar-refractivity contribution in [1.82, 2.24) is 14.9 Å². The molecule has 0 bridgehead atoms. The molecule has 0 aliphatic carbocycles. The van der Waals surface area contributed by atoms with Crippen LogP contribution in [0.2, 0.25) is 5.02 Å². The van der Waals surface area contributed by atoms with Crippen molar-refractivity contribution in [2.24, 2.45) is 0 Å². The van der Waals surface area contributed by atoms with Crippen molar-refractivity contribution in [2.75, 3.05) is 48.8 Å². The molecule has 5 rings (SSSR count). The number of ether oxygens (including phenoxy) is 1. The van der Waals surface area contributed by atoms with Gasteiger partial charge in [-0.25, -0.2) is 4.98 Å². The Morgan fingerprint density at radius 2 is 1.94 bits per heavy atom. The molecule has 3 heterocycles. The first-order valence-corrected chi connectivity index (χ1v) is 12.7. The fourth-order valence-corrected chi connectivity index (χ4v) is 4.98. The molecule has 184 valence electrons. The van der Waals surface area contributed by atoms with Gasteiger partial charge in [0.2, 0.25) is 17.7 Å². The molecule has 8 nitrogen and oxygen atoms in total. The first kappa shape index (κ1) is 24.1. The minimum Gasteiger partial charge on any atom is -0.437 e. The van der Waals surface area contributed by atoms with Gasteiger partial charge in [-0.05, 0) is 54.9 Å². The van der Waals surface area contributed by atoms with Gasteiger partial charge >= 0.3 is 0 Å². The molecule has 1 aliphatic rings. The van der Waals surface area contributed by atoms with E-state index in [-0.39, 0.29) is 5.91 Å². The first-order chi connectivity index (χ1) is 17.5. The van der Waals surface area contributed by atoms with Crippen LogP contribution in [0, 0.1) is 0 Å². The average Bonchev–Trinajstić information content (AvgIpc) is 3.34. The van der Waals surface area contributed by atoms with Crippen LogP contribution in [-0.4, -0.2) is 54.0 Å². The van der Waals surface area contributed by atoms with E-state index >= 15 is 0 Å². The molecule has 1 saturated heterocycles. The van der Waals surface area contributed by atoms with Gasteiger partial charge in [-0.15, -0.1) is 11.3 Å². The van der Waals surface area contributed by atoms with Crippen molar-refractivity contribution in [2.45, 2.75) is 0 Å². The third-order valence-electron chi connectivity index (χ3n) is 5.82. The van der Waals surface area contributed by atoms with E-state index in [1.165, 1.54) is 17.4 Å². The minimum absolute atomic E-state index is 0.293. The van der Waals surface area contributed by atoms with E-state index in [0.717, 1.165) is 47.8 Å². The van der Waals surface area contributed by atoms with E-state index in [9.17, 15) is 4.79 Å². The third-order valence-corrected chi connectivity index (χ3v) is 7.02. The fourth-order valence-electron chi connectivity index (χ4n) is 3.92. The molecule has 2 aromatic carbocycles. The zero-order valence-corrected chi connectivity index (χ0v) is 21.3. The summed E-state index contributed by atoms with van der Waals surface area (Å²) in [5, 5.41) is 8.61. The number of hydrogen-bond donors (Lipinski definition) is 2. The molecule has 0 saturated carbocycles. The van der Waals surface area contributed by atoms with Gasteiger partial charge in [0.05, 0.1) is 16.2 Å². The number of rotatable bonds is 7. The number of carbonyl (C=O) groups excluding carboxylic acids is 1. The molecule has 1 amide bonds. The number of nitrogens with one attached hydrogen (secondary N) is 2. The largest absolute Gasteiger partial charge is 0.437 e. The van der Waals surface area contributed by atoms with Gasteiger partial charge in [-0.2, -0.15) is 4.98 Å². The Morgan fingerprint density at radius 1 is 1.11 bits per heavy atom. The van der Waals surface area contributed by atoms with Crippen LogP contribution in [0.25, 0.3) is 10.2 Å². The summed E-state index contributed by atoms with van der Waals surface area (Å²) in [4.78, 5) is 25.5. The van der Waals surface area contributed by atoms with E-state index in [1.807, 2.05) is 29.6 Å². The number of thiophene rings is 1. The van der Waals surface area contributed by atoms with Crippen molar-refractivity contribution in [3.63, 3.8) is 0 Å². The summed E-state index contributed by atoms with van der Waals surface area (Å²) < 4.78 is 6.94. The van der Waals surface area contributed by atoms with Gasteiger partial charge < -0.3 is 25.2 Å². The van der Waals surface area contributed by atoms with Crippen molar-refractivity contribution < 1.29 is 9.53 Å². The zero-order chi connectivity index (χ0) is 25.1. The number of piperazine rings is 1. The number of hydrogen-bond acceptors (Lipinski definition) is 8. The van der Waals surface area contributed by atoms with Crippen LogP contribution in [0.1, 0.15) is 0 Å². The van der Waals surface area contributed by atoms with E-state index in [4.69, 9.17) is 16.3 Å². The van der Waals surface area contributed by atoms with Gasteiger partial charge in [0.15, 0.2) is 0 Å². The highest BCUT2D eigenvalue weighted by atomic mass is 35.5. The second-order valence-electron chi connectivity index (χ2n) is 8.39. The zero-order valence-electron chi connectivity index (χ0n) is 19.7. The average molecular weight is 521 g/mol. The first-order valence-electron chi connectivity index (χ1n) is 11.4. The number of aromatic nitrogens is 2. The molecule has 2 aromatic heterocycles. The Morgan fingerprint density at radius 3 is 2.72 bits per heavy atom. The Bertz CT molecular complexity index is 1420. The van der Waals surface area contributed by atoms with Gasteiger partial charge in [0.1, 0.15) is 10.4 Å². The van der Waals surface area contributed by atoms with Crippen molar-refractivity contribution in [3.8, 4) is 11.6 Å². The number of likely N-dealkylation sites (N-methyl/N-ethyl adjacent to an activating group) is 1. The van der Waals surface area contributed by atoms with E-state index in [2.05, 4.69) is 44.0 Å². The summed E-state index contributed by atoms with van der Waals surface area (Å²) in [6, 6.07) is 14.9. The Labute approximate surface area is 218 Å². The lowest BCUT2D eigenvalue weighted by atomic mass is 10.2. The number of halogens is 1. The number of fused-ring (bicyclic) bond motifs is 1. The highest BCUT2D eigenvalue weighted by Gasteiger charge is 2.17. The lowest BCUT2D eigenvalue weighted by molar-refractivity contribution is -0.111. The molecular weight excluding hydrogens is 496 g/mol. The number of amides is 1. The molecule has 0 radical (unpaired) electrons. The highest BCUT2D eigenvalue weighted by molar-refractivity contribution is 7.17. The van der Waals surface area contributed by atoms with Crippen LogP contribution < -0.4 is 20.3 Å². The van der Waals surface area contributed by atoms with Gasteiger partial charge in [0, 0.05) is 43.6 Å². The molecule has 0 unspecified atom stereocenters. The van der Waals surface area contributed by atoms with Gasteiger partial charge in [0.25, 0.3) is 0 Å². The minimum atomic E-state index is -0.293. The quantitative estimate of drug-likeness (QED) is 0.300. The summed E-state index contributed by atoms with van der Waals surface area (Å²) >= 11 is 8.14. The molecule has 0 atom stereocenters. The van der Waals surface area contributed by atoms with E-state index < -0.39 is 0 Å². The number of benzene rings is 2. The van der Waals surface area contributed by atoms with Crippen LogP contribution in [0.3, 0.4) is 0 Å².